The Morgan fingerprint density at radius 3 is 1.75 bits per heavy atom. The molecule has 6 heteroatoms. The zero-order valence-electron chi connectivity index (χ0n) is 30.4. The molecule has 0 amide bonds. The second-order valence-corrected chi connectivity index (χ2v) is 14.4. The van der Waals surface area contributed by atoms with Crippen LogP contribution in [-0.4, -0.2) is 19.5 Å². The molecule has 0 bridgehead atoms. The van der Waals surface area contributed by atoms with Crippen molar-refractivity contribution >= 4 is 65.7 Å². The van der Waals surface area contributed by atoms with E-state index in [9.17, 15) is 0 Å². The summed E-state index contributed by atoms with van der Waals surface area (Å²) in [5.74, 6) is 1.64. The fourth-order valence-corrected chi connectivity index (χ4v) is 8.36. The molecule has 12 rings (SSSR count). The summed E-state index contributed by atoms with van der Waals surface area (Å²) in [6.07, 6.45) is 0. The molecule has 57 heavy (non-hydrogen) atoms. The smallest absolute Gasteiger partial charge is 0.167 e. The second kappa shape index (κ2) is 12.3. The third kappa shape index (κ3) is 5.01. The highest BCUT2D eigenvalue weighted by Gasteiger charge is 2.19. The largest absolute Gasteiger partial charge is 0.456 e. The van der Waals surface area contributed by atoms with Crippen LogP contribution in [0.4, 0.5) is 0 Å². The summed E-state index contributed by atoms with van der Waals surface area (Å²) in [5, 5.41) is 6.62. The predicted molar refractivity (Wildman–Crippen MR) is 230 cm³/mol. The van der Waals surface area contributed by atoms with E-state index in [-0.39, 0.29) is 0 Å². The van der Waals surface area contributed by atoms with Crippen LogP contribution in [0.25, 0.3) is 117 Å². The molecule has 12 aromatic rings. The predicted octanol–water partition coefficient (Wildman–Crippen LogP) is 13.4. The van der Waals surface area contributed by atoms with Gasteiger partial charge in [-0.25, -0.2) is 15.0 Å². The van der Waals surface area contributed by atoms with E-state index >= 15 is 0 Å². The molecule has 0 atom stereocenters. The van der Waals surface area contributed by atoms with E-state index in [1.165, 1.54) is 21.9 Å². The Balaban J connectivity index is 1.02. The Morgan fingerprint density at radius 2 is 0.930 bits per heavy atom. The van der Waals surface area contributed by atoms with Crippen LogP contribution < -0.4 is 0 Å². The lowest BCUT2D eigenvalue weighted by Gasteiger charge is -2.11. The van der Waals surface area contributed by atoms with Gasteiger partial charge in [0.05, 0.1) is 16.6 Å². The normalized spacial score (nSPS) is 11.9. The van der Waals surface area contributed by atoms with Crippen molar-refractivity contribution in [2.45, 2.75) is 0 Å². The van der Waals surface area contributed by atoms with Crippen molar-refractivity contribution in [1.29, 1.82) is 0 Å². The molecule has 6 nitrogen and oxygen atoms in total. The van der Waals surface area contributed by atoms with Crippen LogP contribution in [0.3, 0.4) is 0 Å². The van der Waals surface area contributed by atoms with Crippen molar-refractivity contribution in [1.82, 2.24) is 19.5 Å². The molecule has 0 radical (unpaired) electrons. The SMILES string of the molecule is c1ccc(-c2ccc3c(c2)c2ccccc2n3-c2ccc(-c3nc(-c4ccc5c(c4)oc4ccccc45)nc(-c4cccc5c4oc4ccccc45)n3)cc2)cc1. The zero-order chi connectivity index (χ0) is 37.5. The van der Waals surface area contributed by atoms with Gasteiger partial charge < -0.3 is 13.4 Å². The van der Waals surface area contributed by atoms with Gasteiger partial charge in [0, 0.05) is 49.1 Å². The van der Waals surface area contributed by atoms with Gasteiger partial charge >= 0.3 is 0 Å². The number of nitrogens with zero attached hydrogens (tertiary/aromatic N) is 4. The fraction of sp³-hybridized carbons (Fsp3) is 0. The standard InChI is InChI=1S/C51H30N4O2/c1-2-11-31(12-3-1)33-24-28-44-42(29-33)36-13-4-7-18-43(36)55(44)35-25-21-32(22-26-35)49-52-50(34-23-27-39-37-14-5-8-19-45(37)56-47(39)30-34)54-51(53-49)41-17-10-16-40-38-15-6-9-20-46(38)57-48(40)41/h1-30H. The molecule has 4 heterocycles. The molecule has 0 N–H and O–H groups in total. The number of rotatable bonds is 5. The van der Waals surface area contributed by atoms with Crippen molar-refractivity contribution in [2.75, 3.05) is 0 Å². The molecule has 8 aromatic carbocycles. The van der Waals surface area contributed by atoms with E-state index in [0.717, 1.165) is 77.3 Å². The third-order valence-electron chi connectivity index (χ3n) is 11.1. The monoisotopic (exact) mass is 730 g/mol. The molecule has 0 aliphatic carbocycles. The second-order valence-electron chi connectivity index (χ2n) is 14.4. The van der Waals surface area contributed by atoms with Gasteiger partial charge in [0.1, 0.15) is 22.3 Å². The summed E-state index contributed by atoms with van der Waals surface area (Å²) in [6.45, 7) is 0. The van der Waals surface area contributed by atoms with Gasteiger partial charge in [-0.1, -0.05) is 109 Å². The number of benzene rings is 8. The molecular weight excluding hydrogens is 701 g/mol. The number of para-hydroxylation sites is 4. The minimum absolute atomic E-state index is 0.532. The minimum atomic E-state index is 0.532. The summed E-state index contributed by atoms with van der Waals surface area (Å²) in [4.78, 5) is 15.4. The van der Waals surface area contributed by atoms with Crippen molar-refractivity contribution < 1.29 is 8.83 Å². The molecule has 266 valence electrons. The third-order valence-corrected chi connectivity index (χ3v) is 11.1. The van der Waals surface area contributed by atoms with Gasteiger partial charge in [-0.2, -0.15) is 0 Å². The van der Waals surface area contributed by atoms with Crippen LogP contribution in [0.1, 0.15) is 0 Å². The van der Waals surface area contributed by atoms with E-state index in [1.807, 2.05) is 54.6 Å². The summed E-state index contributed by atoms with van der Waals surface area (Å²) < 4.78 is 15.1. The Labute approximate surface area is 325 Å². The molecule has 0 spiro atoms. The van der Waals surface area contributed by atoms with Gasteiger partial charge in [0.15, 0.2) is 17.5 Å². The Morgan fingerprint density at radius 1 is 0.333 bits per heavy atom. The molecule has 0 saturated carbocycles. The Hall–Kier alpha value is -7.83. The topological polar surface area (TPSA) is 69.9 Å². The van der Waals surface area contributed by atoms with E-state index < -0.39 is 0 Å². The molecule has 0 unspecified atom stereocenters. The molecule has 0 aliphatic rings. The quantitative estimate of drug-likeness (QED) is 0.176. The zero-order valence-corrected chi connectivity index (χ0v) is 30.4. The maximum absolute atomic E-state index is 6.46. The van der Waals surface area contributed by atoms with E-state index in [1.54, 1.807) is 0 Å². The van der Waals surface area contributed by atoms with Crippen LogP contribution in [0.15, 0.2) is 191 Å². The van der Waals surface area contributed by atoms with Crippen LogP contribution in [0.5, 0.6) is 0 Å². The van der Waals surface area contributed by atoms with Crippen molar-refractivity contribution in [2.24, 2.45) is 0 Å². The summed E-state index contributed by atoms with van der Waals surface area (Å²) >= 11 is 0. The Kier molecular flexibility index (Phi) is 6.83. The highest BCUT2D eigenvalue weighted by Crippen LogP contribution is 2.38. The minimum Gasteiger partial charge on any atom is -0.456 e. The van der Waals surface area contributed by atoms with Crippen molar-refractivity contribution in [3.8, 4) is 51.0 Å². The summed E-state index contributed by atoms with van der Waals surface area (Å²) in [6, 6.07) is 62.9. The first kappa shape index (κ1) is 31.5. The maximum Gasteiger partial charge on any atom is 0.167 e. The lowest BCUT2D eigenvalue weighted by atomic mass is 10.0. The van der Waals surface area contributed by atoms with Crippen LogP contribution >= 0.6 is 0 Å². The van der Waals surface area contributed by atoms with Gasteiger partial charge in [0.25, 0.3) is 0 Å². The van der Waals surface area contributed by atoms with E-state index in [4.69, 9.17) is 23.8 Å². The summed E-state index contributed by atoms with van der Waals surface area (Å²) in [7, 11) is 0. The van der Waals surface area contributed by atoms with Gasteiger partial charge in [-0.05, 0) is 83.9 Å². The van der Waals surface area contributed by atoms with Crippen LogP contribution in [0.2, 0.25) is 0 Å². The fourth-order valence-electron chi connectivity index (χ4n) is 8.36. The van der Waals surface area contributed by atoms with Crippen LogP contribution in [0, 0.1) is 0 Å². The molecule has 0 aliphatic heterocycles. The maximum atomic E-state index is 6.46. The Bertz CT molecular complexity index is 3520. The lowest BCUT2D eigenvalue weighted by molar-refractivity contribution is 0.668. The number of hydrogen-bond donors (Lipinski definition) is 0. The van der Waals surface area contributed by atoms with E-state index in [2.05, 4.69) is 132 Å². The molecule has 0 fully saturated rings. The summed E-state index contributed by atoms with van der Waals surface area (Å²) in [5.41, 5.74) is 11.4. The number of aromatic nitrogens is 4. The molecule has 0 saturated heterocycles. The average Bonchev–Trinajstić information content (AvgIpc) is 3.96. The average molecular weight is 731 g/mol. The van der Waals surface area contributed by atoms with Gasteiger partial charge in [-0.3, -0.25) is 0 Å². The highest BCUT2D eigenvalue weighted by molar-refractivity contribution is 6.11. The van der Waals surface area contributed by atoms with E-state index in [0.29, 0.717) is 17.5 Å². The van der Waals surface area contributed by atoms with Gasteiger partial charge in [0.2, 0.25) is 0 Å². The lowest BCUT2D eigenvalue weighted by Crippen LogP contribution is -2.01. The first-order valence-electron chi connectivity index (χ1n) is 19.0. The number of furan rings is 2. The number of fused-ring (bicyclic) bond motifs is 9. The van der Waals surface area contributed by atoms with Gasteiger partial charge in [-0.15, -0.1) is 0 Å². The first-order chi connectivity index (χ1) is 28.2. The highest BCUT2D eigenvalue weighted by atomic mass is 16.3. The van der Waals surface area contributed by atoms with Crippen molar-refractivity contribution in [3.05, 3.63) is 182 Å². The van der Waals surface area contributed by atoms with Crippen LogP contribution in [-0.2, 0) is 0 Å². The molecular formula is C51H30N4O2. The first-order valence-corrected chi connectivity index (χ1v) is 19.0. The molecule has 4 aromatic heterocycles. The number of hydrogen-bond acceptors (Lipinski definition) is 5. The van der Waals surface area contributed by atoms with Crippen molar-refractivity contribution in [3.63, 3.8) is 0 Å².